The second kappa shape index (κ2) is 8.15. The molecule has 122 valence electrons. The molecule has 0 aromatic heterocycles. The van der Waals surface area contributed by atoms with Crippen LogP contribution in [-0.4, -0.2) is 36.3 Å². The first-order valence-corrected chi connectivity index (χ1v) is 7.34. The third-order valence-electron chi connectivity index (χ3n) is 4.11. The van der Waals surface area contributed by atoms with Gasteiger partial charge in [-0.15, -0.1) is 12.4 Å². The van der Waals surface area contributed by atoms with E-state index in [9.17, 15) is 9.59 Å². The maximum Gasteiger partial charge on any atom is 0.225 e. The van der Waals surface area contributed by atoms with E-state index >= 15 is 0 Å². The number of carbonyl (C=O) groups is 2. The van der Waals surface area contributed by atoms with Crippen molar-refractivity contribution in [3.63, 3.8) is 0 Å². The fourth-order valence-corrected chi connectivity index (χ4v) is 2.59. The molecule has 5 nitrogen and oxygen atoms in total. The summed E-state index contributed by atoms with van der Waals surface area (Å²) >= 11 is 0. The highest BCUT2D eigenvalue weighted by Crippen LogP contribution is 2.20. The highest BCUT2D eigenvalue weighted by Gasteiger charge is 2.28. The Morgan fingerprint density at radius 1 is 1.36 bits per heavy atom. The number of nitrogens with one attached hydrogen (secondary N) is 1. The summed E-state index contributed by atoms with van der Waals surface area (Å²) in [5.41, 5.74) is 7.12. The van der Waals surface area contributed by atoms with E-state index in [0.29, 0.717) is 19.4 Å². The maximum atomic E-state index is 12.3. The lowest BCUT2D eigenvalue weighted by Gasteiger charge is -2.31. The van der Waals surface area contributed by atoms with Gasteiger partial charge in [0.05, 0.1) is 5.92 Å². The first-order valence-electron chi connectivity index (χ1n) is 7.34. The fraction of sp³-hybridized carbons (Fsp3) is 0.500. The van der Waals surface area contributed by atoms with Gasteiger partial charge in [-0.2, -0.15) is 0 Å². The Hall–Kier alpha value is -1.59. The second-order valence-electron chi connectivity index (χ2n) is 5.74. The van der Waals surface area contributed by atoms with Gasteiger partial charge in [-0.3, -0.25) is 9.59 Å². The van der Waals surface area contributed by atoms with E-state index < -0.39 is 0 Å². The Morgan fingerprint density at radius 3 is 2.59 bits per heavy atom. The number of hydrogen-bond donors (Lipinski definition) is 2. The van der Waals surface area contributed by atoms with Crippen LogP contribution in [0.3, 0.4) is 0 Å². The van der Waals surface area contributed by atoms with E-state index in [1.807, 2.05) is 37.3 Å². The van der Waals surface area contributed by atoms with Crippen LogP contribution in [0.5, 0.6) is 0 Å². The second-order valence-corrected chi connectivity index (χ2v) is 5.74. The lowest BCUT2D eigenvalue weighted by Crippen LogP contribution is -2.50. The van der Waals surface area contributed by atoms with Crippen LogP contribution in [0.25, 0.3) is 0 Å². The third kappa shape index (κ3) is 4.45. The van der Waals surface area contributed by atoms with Crippen molar-refractivity contribution in [2.45, 2.75) is 31.8 Å². The highest BCUT2D eigenvalue weighted by molar-refractivity contribution is 5.85. The topological polar surface area (TPSA) is 75.4 Å². The zero-order valence-corrected chi connectivity index (χ0v) is 13.8. The van der Waals surface area contributed by atoms with Crippen molar-refractivity contribution >= 4 is 24.2 Å². The van der Waals surface area contributed by atoms with Gasteiger partial charge < -0.3 is 16.0 Å². The number of likely N-dealkylation sites (N-methyl/N-ethyl adjacent to an activating group) is 1. The van der Waals surface area contributed by atoms with Crippen LogP contribution >= 0.6 is 12.4 Å². The lowest BCUT2D eigenvalue weighted by molar-refractivity contribution is -0.134. The number of likely N-dealkylation sites (tertiary alicyclic amines) is 1. The summed E-state index contributed by atoms with van der Waals surface area (Å²) in [6.07, 6.45) is 1.18. The summed E-state index contributed by atoms with van der Waals surface area (Å²) in [5, 5.41) is 3.01. The Labute approximate surface area is 137 Å². The number of halogens is 1. The van der Waals surface area contributed by atoms with Crippen LogP contribution < -0.4 is 11.1 Å². The Bertz CT molecular complexity index is 509. The molecule has 1 fully saturated rings. The Morgan fingerprint density at radius 2 is 2.00 bits per heavy atom. The van der Waals surface area contributed by atoms with Crippen molar-refractivity contribution in [2.75, 3.05) is 13.6 Å². The summed E-state index contributed by atoms with van der Waals surface area (Å²) < 4.78 is 0. The molecule has 6 heteroatoms. The summed E-state index contributed by atoms with van der Waals surface area (Å²) in [7, 11) is 1.76. The predicted molar refractivity (Wildman–Crippen MR) is 88.6 cm³/mol. The molecular formula is C16H24ClN3O2. The van der Waals surface area contributed by atoms with Gasteiger partial charge in [0.2, 0.25) is 11.8 Å². The average Bonchev–Trinajstić information content (AvgIpc) is 2.50. The van der Waals surface area contributed by atoms with E-state index in [4.69, 9.17) is 5.73 Å². The molecule has 0 radical (unpaired) electrons. The molecular weight excluding hydrogens is 302 g/mol. The van der Waals surface area contributed by atoms with E-state index in [-0.39, 0.29) is 42.2 Å². The van der Waals surface area contributed by atoms with Crippen molar-refractivity contribution in [1.29, 1.82) is 0 Å². The van der Waals surface area contributed by atoms with Gasteiger partial charge in [-0.1, -0.05) is 37.3 Å². The predicted octanol–water partition coefficient (Wildman–Crippen LogP) is 1.48. The quantitative estimate of drug-likeness (QED) is 0.880. The monoisotopic (exact) mass is 325 g/mol. The van der Waals surface area contributed by atoms with E-state index in [2.05, 4.69) is 5.32 Å². The summed E-state index contributed by atoms with van der Waals surface area (Å²) in [5.74, 6) is -0.232. The molecule has 3 N–H and O–H groups in total. The number of benzene rings is 1. The van der Waals surface area contributed by atoms with Gasteiger partial charge in [0.1, 0.15) is 0 Å². The molecule has 1 saturated heterocycles. The molecule has 1 aliphatic rings. The van der Waals surface area contributed by atoms with Crippen LogP contribution in [0.1, 0.15) is 31.4 Å². The molecule has 0 bridgehead atoms. The van der Waals surface area contributed by atoms with E-state index in [1.165, 1.54) is 0 Å². The number of piperidine rings is 1. The maximum absolute atomic E-state index is 12.3. The summed E-state index contributed by atoms with van der Waals surface area (Å²) in [6, 6.07) is 9.32. The summed E-state index contributed by atoms with van der Waals surface area (Å²) in [6.45, 7) is 2.41. The van der Waals surface area contributed by atoms with E-state index in [0.717, 1.165) is 5.56 Å². The van der Waals surface area contributed by atoms with Crippen molar-refractivity contribution in [2.24, 2.45) is 11.7 Å². The molecule has 3 unspecified atom stereocenters. The molecule has 0 aliphatic carbocycles. The highest BCUT2D eigenvalue weighted by atomic mass is 35.5. The molecule has 0 spiro atoms. The first-order chi connectivity index (χ1) is 9.99. The molecule has 1 aromatic rings. The lowest BCUT2D eigenvalue weighted by atomic mass is 9.94. The molecule has 22 heavy (non-hydrogen) atoms. The van der Waals surface area contributed by atoms with Crippen LogP contribution in [-0.2, 0) is 9.59 Å². The minimum absolute atomic E-state index is 0. The number of rotatable bonds is 4. The first kappa shape index (κ1) is 18.5. The average molecular weight is 326 g/mol. The van der Waals surface area contributed by atoms with Gasteiger partial charge in [-0.25, -0.2) is 0 Å². The number of amides is 2. The number of carbonyl (C=O) groups excluding carboxylic acids is 2. The number of hydrogen-bond acceptors (Lipinski definition) is 3. The van der Waals surface area contributed by atoms with Gasteiger partial charge in [0.15, 0.2) is 0 Å². The fourth-order valence-electron chi connectivity index (χ4n) is 2.59. The number of nitrogens with zero attached hydrogens (tertiary/aromatic N) is 1. The van der Waals surface area contributed by atoms with Crippen molar-refractivity contribution in [3.05, 3.63) is 35.9 Å². The molecule has 0 saturated carbocycles. The van der Waals surface area contributed by atoms with Gasteiger partial charge in [0, 0.05) is 32.1 Å². The molecule has 1 heterocycles. The van der Waals surface area contributed by atoms with Crippen LogP contribution in [0.4, 0.5) is 0 Å². The Balaban J connectivity index is 0.00000242. The molecule has 1 aliphatic heterocycles. The number of nitrogens with two attached hydrogens (primary N) is 1. The largest absolute Gasteiger partial charge is 0.351 e. The van der Waals surface area contributed by atoms with Crippen LogP contribution in [0.2, 0.25) is 0 Å². The minimum atomic E-state index is -0.325. The molecule has 2 amide bonds. The van der Waals surface area contributed by atoms with Gasteiger partial charge >= 0.3 is 0 Å². The smallest absolute Gasteiger partial charge is 0.225 e. The minimum Gasteiger partial charge on any atom is -0.351 e. The molecule has 2 rings (SSSR count). The van der Waals surface area contributed by atoms with E-state index in [1.54, 1.807) is 11.9 Å². The van der Waals surface area contributed by atoms with Crippen LogP contribution in [0, 0.1) is 5.92 Å². The van der Waals surface area contributed by atoms with Crippen molar-refractivity contribution < 1.29 is 9.59 Å². The van der Waals surface area contributed by atoms with Crippen LogP contribution in [0.15, 0.2) is 30.3 Å². The molecule has 3 atom stereocenters. The van der Waals surface area contributed by atoms with Gasteiger partial charge in [0.25, 0.3) is 0 Å². The SMILES string of the molecule is CC(C(=O)NC1CCC(=O)N(C)C1)C(N)c1ccccc1.Cl. The van der Waals surface area contributed by atoms with Crippen molar-refractivity contribution in [3.8, 4) is 0 Å². The molecule has 1 aromatic carbocycles. The zero-order chi connectivity index (χ0) is 15.4. The third-order valence-corrected chi connectivity index (χ3v) is 4.11. The van der Waals surface area contributed by atoms with Gasteiger partial charge in [-0.05, 0) is 12.0 Å². The van der Waals surface area contributed by atoms with Crippen molar-refractivity contribution in [1.82, 2.24) is 10.2 Å². The zero-order valence-electron chi connectivity index (χ0n) is 13.0. The summed E-state index contributed by atoms with van der Waals surface area (Å²) in [4.78, 5) is 25.4. The standard InChI is InChI=1S/C16H23N3O2.ClH/c1-11(15(17)12-6-4-3-5-7-12)16(21)18-13-8-9-14(20)19(2)10-13;/h3-7,11,13,15H,8-10,17H2,1-2H3,(H,18,21);1H. The Kier molecular flexibility index (Phi) is 6.84. The normalized spacial score (nSPS) is 20.8.